The van der Waals surface area contributed by atoms with E-state index in [9.17, 15) is 0 Å². The molecule has 0 spiro atoms. The number of aryl methyl sites for hydroxylation is 2. The van der Waals surface area contributed by atoms with E-state index in [1.807, 2.05) is 0 Å². The van der Waals surface area contributed by atoms with Crippen molar-refractivity contribution in [2.75, 3.05) is 6.54 Å². The Labute approximate surface area is 113 Å². The number of rotatable bonds is 6. The lowest BCUT2D eigenvalue weighted by Gasteiger charge is -2.26. The lowest BCUT2D eigenvalue weighted by molar-refractivity contribution is 0.320. The largest absolute Gasteiger partial charge is 0.315 e. The van der Waals surface area contributed by atoms with Gasteiger partial charge in [0.15, 0.2) is 0 Å². The number of nitrogens with one attached hydrogen (secondary N) is 1. The fraction of sp³-hybridized carbons (Fsp3) is 0.647. The van der Waals surface area contributed by atoms with Crippen LogP contribution in [0.2, 0.25) is 0 Å². The fourth-order valence-corrected chi connectivity index (χ4v) is 2.51. The minimum Gasteiger partial charge on any atom is -0.315 e. The van der Waals surface area contributed by atoms with E-state index in [-0.39, 0.29) is 0 Å². The Balaban J connectivity index is 2.58. The van der Waals surface area contributed by atoms with E-state index in [0.29, 0.717) is 11.5 Å². The average Bonchev–Trinajstić information content (AvgIpc) is 2.12. The predicted molar refractivity (Wildman–Crippen MR) is 81.2 cm³/mol. The Morgan fingerprint density at radius 2 is 1.61 bits per heavy atom. The topological polar surface area (TPSA) is 12.0 Å². The van der Waals surface area contributed by atoms with Crippen LogP contribution in [0.25, 0.3) is 0 Å². The number of benzene rings is 1. The number of hydrogen-bond donors (Lipinski definition) is 1. The lowest BCUT2D eigenvalue weighted by atomic mass is 9.82. The molecule has 1 heteroatoms. The maximum atomic E-state index is 3.51. The van der Waals surface area contributed by atoms with Crippen molar-refractivity contribution in [3.63, 3.8) is 0 Å². The van der Waals surface area contributed by atoms with Crippen molar-refractivity contribution in [2.24, 2.45) is 5.41 Å². The van der Waals surface area contributed by atoms with Gasteiger partial charge in [-0.3, -0.25) is 0 Å². The summed E-state index contributed by atoms with van der Waals surface area (Å²) in [4.78, 5) is 0. The molecule has 18 heavy (non-hydrogen) atoms. The van der Waals surface area contributed by atoms with Crippen molar-refractivity contribution in [3.8, 4) is 0 Å². The average molecular weight is 247 g/mol. The van der Waals surface area contributed by atoms with Gasteiger partial charge in [-0.25, -0.2) is 0 Å². The molecule has 0 bridgehead atoms. The van der Waals surface area contributed by atoms with Gasteiger partial charge in [-0.1, -0.05) is 57.0 Å². The van der Waals surface area contributed by atoms with Gasteiger partial charge in [-0.15, -0.1) is 0 Å². The van der Waals surface area contributed by atoms with Crippen LogP contribution in [0, 0.1) is 19.3 Å². The summed E-state index contributed by atoms with van der Waals surface area (Å²) in [5, 5.41) is 3.51. The van der Waals surface area contributed by atoms with Crippen LogP contribution in [0.1, 0.15) is 50.8 Å². The molecule has 0 radical (unpaired) electrons. The Kier molecular flexibility index (Phi) is 5.40. The summed E-state index contributed by atoms with van der Waals surface area (Å²) in [5.74, 6) is 0. The first kappa shape index (κ1) is 15.2. The van der Waals surface area contributed by atoms with Crippen LogP contribution in [0.3, 0.4) is 0 Å². The summed E-state index contributed by atoms with van der Waals surface area (Å²) in [6, 6.07) is 7.48. The maximum Gasteiger partial charge on any atom is 0.00103 e. The maximum absolute atomic E-state index is 3.51. The molecule has 1 N–H and O–H groups in total. The quantitative estimate of drug-likeness (QED) is 0.792. The molecule has 1 aromatic rings. The van der Waals surface area contributed by atoms with Crippen molar-refractivity contribution in [2.45, 2.75) is 60.4 Å². The summed E-state index contributed by atoms with van der Waals surface area (Å²) < 4.78 is 0. The van der Waals surface area contributed by atoms with Crippen LogP contribution in [0.5, 0.6) is 0 Å². The Morgan fingerprint density at radius 1 is 1.06 bits per heavy atom. The van der Waals surface area contributed by atoms with Crippen molar-refractivity contribution in [1.82, 2.24) is 5.32 Å². The van der Waals surface area contributed by atoms with Gasteiger partial charge >= 0.3 is 0 Å². The Bertz CT molecular complexity index is 357. The van der Waals surface area contributed by atoms with E-state index in [0.717, 1.165) is 13.0 Å². The van der Waals surface area contributed by atoms with E-state index in [4.69, 9.17) is 0 Å². The molecule has 0 saturated carbocycles. The second-order valence-electron chi connectivity index (χ2n) is 6.70. The lowest BCUT2D eigenvalue weighted by Crippen LogP contribution is -2.28. The van der Waals surface area contributed by atoms with Gasteiger partial charge in [0.1, 0.15) is 0 Å². The first-order valence-corrected chi connectivity index (χ1v) is 7.09. The molecule has 0 aliphatic carbocycles. The molecule has 0 unspecified atom stereocenters. The zero-order valence-corrected chi connectivity index (χ0v) is 12.9. The first-order valence-electron chi connectivity index (χ1n) is 7.09. The molecule has 0 amide bonds. The SMILES string of the molecule is Cc1cc(C)cc(CC(C)(C)CCNC(C)C)c1. The smallest absolute Gasteiger partial charge is 0.00103 e. The highest BCUT2D eigenvalue weighted by Gasteiger charge is 2.18. The highest BCUT2D eigenvalue weighted by molar-refractivity contribution is 5.29. The molecule has 0 saturated heterocycles. The van der Waals surface area contributed by atoms with Crippen LogP contribution in [-0.4, -0.2) is 12.6 Å². The van der Waals surface area contributed by atoms with Crippen molar-refractivity contribution >= 4 is 0 Å². The summed E-state index contributed by atoms with van der Waals surface area (Å²) >= 11 is 0. The van der Waals surface area contributed by atoms with Gasteiger partial charge in [0.25, 0.3) is 0 Å². The second kappa shape index (κ2) is 6.38. The van der Waals surface area contributed by atoms with Crippen LogP contribution in [0.15, 0.2) is 18.2 Å². The molecular formula is C17H29N. The van der Waals surface area contributed by atoms with Crippen molar-refractivity contribution < 1.29 is 0 Å². The van der Waals surface area contributed by atoms with Gasteiger partial charge in [0.05, 0.1) is 0 Å². The summed E-state index contributed by atoms with van der Waals surface area (Å²) in [7, 11) is 0. The fourth-order valence-electron chi connectivity index (χ4n) is 2.51. The molecular weight excluding hydrogens is 218 g/mol. The summed E-state index contributed by atoms with van der Waals surface area (Å²) in [5.41, 5.74) is 4.59. The van der Waals surface area contributed by atoms with Crippen molar-refractivity contribution in [1.29, 1.82) is 0 Å². The first-order chi connectivity index (χ1) is 8.28. The molecule has 0 aliphatic heterocycles. The normalized spacial score (nSPS) is 12.2. The molecule has 1 nitrogen and oxygen atoms in total. The monoisotopic (exact) mass is 247 g/mol. The highest BCUT2D eigenvalue weighted by atomic mass is 14.9. The van der Waals surface area contributed by atoms with Gasteiger partial charge in [0, 0.05) is 6.04 Å². The van der Waals surface area contributed by atoms with Crippen LogP contribution in [-0.2, 0) is 6.42 Å². The zero-order chi connectivity index (χ0) is 13.8. The third-order valence-electron chi connectivity index (χ3n) is 3.32. The molecule has 1 aromatic carbocycles. The third-order valence-corrected chi connectivity index (χ3v) is 3.32. The highest BCUT2D eigenvalue weighted by Crippen LogP contribution is 2.26. The van der Waals surface area contributed by atoms with E-state index >= 15 is 0 Å². The Morgan fingerprint density at radius 3 is 2.11 bits per heavy atom. The van der Waals surface area contributed by atoms with Crippen LogP contribution < -0.4 is 5.32 Å². The number of hydrogen-bond acceptors (Lipinski definition) is 1. The van der Waals surface area contributed by atoms with Gasteiger partial charge < -0.3 is 5.32 Å². The third kappa shape index (κ3) is 5.68. The minimum atomic E-state index is 0.363. The predicted octanol–water partition coefficient (Wildman–Crippen LogP) is 4.26. The molecule has 0 aliphatic rings. The molecule has 102 valence electrons. The van der Waals surface area contributed by atoms with E-state index in [1.165, 1.54) is 23.1 Å². The van der Waals surface area contributed by atoms with Gasteiger partial charge in [0.2, 0.25) is 0 Å². The second-order valence-corrected chi connectivity index (χ2v) is 6.70. The van der Waals surface area contributed by atoms with E-state index in [2.05, 4.69) is 65.1 Å². The summed E-state index contributed by atoms with van der Waals surface area (Å²) in [6.45, 7) is 14.6. The van der Waals surface area contributed by atoms with Crippen LogP contribution >= 0.6 is 0 Å². The van der Waals surface area contributed by atoms with E-state index < -0.39 is 0 Å². The van der Waals surface area contributed by atoms with Crippen LogP contribution in [0.4, 0.5) is 0 Å². The molecule has 0 fully saturated rings. The Hall–Kier alpha value is -0.820. The standard InChI is InChI=1S/C17H29N/c1-13(2)18-8-7-17(5,6)12-16-10-14(3)9-15(4)11-16/h9-11,13,18H,7-8,12H2,1-6H3. The van der Waals surface area contributed by atoms with Crippen molar-refractivity contribution in [3.05, 3.63) is 34.9 Å². The molecule has 0 atom stereocenters. The summed E-state index contributed by atoms with van der Waals surface area (Å²) in [6.07, 6.45) is 2.38. The minimum absolute atomic E-state index is 0.363. The van der Waals surface area contributed by atoms with Gasteiger partial charge in [-0.05, 0) is 44.2 Å². The van der Waals surface area contributed by atoms with Gasteiger partial charge in [-0.2, -0.15) is 0 Å². The molecule has 0 aromatic heterocycles. The van der Waals surface area contributed by atoms with E-state index in [1.54, 1.807) is 0 Å². The zero-order valence-electron chi connectivity index (χ0n) is 12.9. The molecule has 0 heterocycles. The molecule has 1 rings (SSSR count).